The van der Waals surface area contributed by atoms with Gasteiger partial charge in [0.15, 0.2) is 0 Å². The number of aliphatic hydroxyl groups excluding tert-OH is 1. The summed E-state index contributed by atoms with van der Waals surface area (Å²) in [5.74, 6) is -2.78. The molecular weight excluding hydrogens is 628 g/mol. The topological polar surface area (TPSA) is 195 Å². The van der Waals surface area contributed by atoms with Crippen LogP contribution < -0.4 is 31.9 Å². The summed E-state index contributed by atoms with van der Waals surface area (Å²) in [5.41, 5.74) is 0.697. The van der Waals surface area contributed by atoms with Crippen LogP contribution in [0.3, 0.4) is 0 Å². The first-order valence-corrected chi connectivity index (χ1v) is 17.0. The Labute approximate surface area is 292 Å². The zero-order valence-electron chi connectivity index (χ0n) is 30.1. The molecule has 1 aromatic rings. The first-order chi connectivity index (χ1) is 22.5. The van der Waals surface area contributed by atoms with Crippen molar-refractivity contribution in [1.82, 2.24) is 26.6 Å². The summed E-state index contributed by atoms with van der Waals surface area (Å²) in [4.78, 5) is 77.0. The predicted octanol–water partition coefficient (Wildman–Crippen LogP) is 3.27. The lowest BCUT2D eigenvalue weighted by Crippen LogP contribution is -2.57. The van der Waals surface area contributed by atoms with Crippen molar-refractivity contribution in [3.8, 4) is 0 Å². The van der Waals surface area contributed by atoms with E-state index >= 15 is 0 Å². The maximum Gasteiger partial charge on any atom is 0.252 e. The lowest BCUT2D eigenvalue weighted by molar-refractivity contribution is -0.132. The van der Waals surface area contributed by atoms with Crippen molar-refractivity contribution < 1.29 is 33.9 Å². The second-order valence-corrected chi connectivity index (χ2v) is 13.5. The second kappa shape index (κ2) is 22.6. The van der Waals surface area contributed by atoms with Crippen molar-refractivity contribution in [1.29, 1.82) is 0 Å². The number of nitrogens with one attached hydrogen (secondary N) is 6. The SMILES string of the molecule is C.CCC[C@H](NC(=O)[C@H](CC(C)C)NC(=O)c1cccc(NC(C)=O)c1)C(=O)N[C@@H](CC(C)C)[C@@H](O)CC(=O)N[C@H](C(=O)NCC)C(C)C. The third-order valence-electron chi connectivity index (χ3n) is 7.51. The summed E-state index contributed by atoms with van der Waals surface area (Å²) in [6.07, 6.45) is -0.0616. The Morgan fingerprint density at radius 3 is 1.92 bits per heavy atom. The molecule has 7 N–H and O–H groups in total. The highest BCUT2D eigenvalue weighted by Gasteiger charge is 2.32. The molecule has 0 radical (unpaired) electrons. The molecule has 49 heavy (non-hydrogen) atoms. The van der Waals surface area contributed by atoms with Crippen molar-refractivity contribution in [2.24, 2.45) is 17.8 Å². The highest BCUT2D eigenvalue weighted by molar-refractivity contribution is 6.00. The molecule has 5 atom stereocenters. The van der Waals surface area contributed by atoms with Crippen LogP contribution in [0.2, 0.25) is 0 Å². The van der Waals surface area contributed by atoms with E-state index in [0.29, 0.717) is 37.9 Å². The van der Waals surface area contributed by atoms with Gasteiger partial charge in [-0.2, -0.15) is 0 Å². The van der Waals surface area contributed by atoms with Crippen LogP contribution in [-0.4, -0.2) is 77.4 Å². The summed E-state index contributed by atoms with van der Waals surface area (Å²) in [5, 5.41) is 27.5. The van der Waals surface area contributed by atoms with E-state index in [0.717, 1.165) is 0 Å². The van der Waals surface area contributed by atoms with Gasteiger partial charge in [0.1, 0.15) is 18.1 Å². The lowest BCUT2D eigenvalue weighted by atomic mass is 9.95. The highest BCUT2D eigenvalue weighted by atomic mass is 16.3. The standard InChI is InChI=1S/C35H58N6O7.CH4/c1-10-13-26(38-34(47)28(17-21(5)6)40-32(45)24-14-12-15-25(18-24)37-23(9)42)33(46)39-27(16-20(3)4)29(43)19-30(44)41-31(22(7)8)35(48)36-11-2;/h12,14-15,18,20-22,26-29,31,43H,10-11,13,16-17,19H2,1-9H3,(H,36,48)(H,37,42)(H,38,47)(H,39,46)(H,40,45)(H,41,44);1H4/t26-,27-,28-,29-,31-;/m0./s1. The van der Waals surface area contributed by atoms with Crippen molar-refractivity contribution in [2.75, 3.05) is 11.9 Å². The smallest absolute Gasteiger partial charge is 0.252 e. The van der Waals surface area contributed by atoms with Gasteiger partial charge in [-0.1, -0.05) is 68.4 Å². The molecule has 0 aliphatic carbocycles. The van der Waals surface area contributed by atoms with Crippen LogP contribution in [0.5, 0.6) is 0 Å². The van der Waals surface area contributed by atoms with Crippen LogP contribution in [0.25, 0.3) is 0 Å². The fraction of sp³-hybridized carbons (Fsp3) is 0.667. The molecule has 13 heteroatoms. The molecule has 0 saturated heterocycles. The molecule has 0 bridgehead atoms. The normalized spacial score (nSPS) is 14.1. The highest BCUT2D eigenvalue weighted by Crippen LogP contribution is 2.15. The summed E-state index contributed by atoms with van der Waals surface area (Å²) < 4.78 is 0. The molecule has 0 heterocycles. The third kappa shape index (κ3) is 16.8. The Balaban J connectivity index is 0.0000230. The third-order valence-corrected chi connectivity index (χ3v) is 7.51. The second-order valence-electron chi connectivity index (χ2n) is 13.5. The molecule has 0 aliphatic rings. The quantitative estimate of drug-likeness (QED) is 0.109. The van der Waals surface area contributed by atoms with Gasteiger partial charge in [0.2, 0.25) is 29.5 Å². The molecule has 0 saturated carbocycles. The maximum atomic E-state index is 13.6. The van der Waals surface area contributed by atoms with Crippen molar-refractivity contribution in [3.05, 3.63) is 29.8 Å². The van der Waals surface area contributed by atoms with Gasteiger partial charge in [0, 0.05) is 24.7 Å². The van der Waals surface area contributed by atoms with Gasteiger partial charge in [-0.3, -0.25) is 28.8 Å². The molecule has 1 rings (SSSR count). The zero-order valence-corrected chi connectivity index (χ0v) is 30.1. The number of carbonyl (C=O) groups excluding carboxylic acids is 6. The number of carbonyl (C=O) groups is 6. The van der Waals surface area contributed by atoms with Crippen LogP contribution >= 0.6 is 0 Å². The number of likely N-dealkylation sites (N-methyl/N-ethyl adjacent to an activating group) is 1. The molecule has 0 aromatic heterocycles. The van der Waals surface area contributed by atoms with Crippen molar-refractivity contribution >= 4 is 41.1 Å². The monoisotopic (exact) mass is 690 g/mol. The first kappa shape index (κ1) is 45.0. The van der Waals surface area contributed by atoms with Gasteiger partial charge < -0.3 is 37.0 Å². The Morgan fingerprint density at radius 2 is 1.39 bits per heavy atom. The van der Waals surface area contributed by atoms with E-state index in [1.165, 1.54) is 13.0 Å². The molecule has 0 spiro atoms. The Hall–Kier alpha value is -4.00. The van der Waals surface area contributed by atoms with E-state index in [4.69, 9.17) is 0 Å². The van der Waals surface area contributed by atoms with Gasteiger partial charge in [-0.25, -0.2) is 0 Å². The van der Waals surface area contributed by atoms with E-state index in [1.807, 2.05) is 48.5 Å². The molecule has 0 fully saturated rings. The van der Waals surface area contributed by atoms with E-state index in [1.54, 1.807) is 25.1 Å². The van der Waals surface area contributed by atoms with Gasteiger partial charge in [0.05, 0.1) is 18.6 Å². The van der Waals surface area contributed by atoms with E-state index in [2.05, 4.69) is 31.9 Å². The first-order valence-electron chi connectivity index (χ1n) is 17.0. The van der Waals surface area contributed by atoms with Gasteiger partial charge in [-0.05, 0) is 62.1 Å². The van der Waals surface area contributed by atoms with E-state index in [9.17, 15) is 33.9 Å². The fourth-order valence-corrected chi connectivity index (χ4v) is 5.20. The van der Waals surface area contributed by atoms with Gasteiger partial charge in [-0.15, -0.1) is 0 Å². The van der Waals surface area contributed by atoms with Crippen molar-refractivity contribution in [2.45, 2.75) is 132 Å². The minimum atomic E-state index is -1.25. The summed E-state index contributed by atoms with van der Waals surface area (Å²) >= 11 is 0. The Bertz CT molecular complexity index is 1240. The Kier molecular flexibility index (Phi) is 20.8. The summed E-state index contributed by atoms with van der Waals surface area (Å²) in [6, 6.07) is 2.87. The summed E-state index contributed by atoms with van der Waals surface area (Å²) in [7, 11) is 0. The average Bonchev–Trinajstić information content (AvgIpc) is 2.98. The number of hydrogen-bond acceptors (Lipinski definition) is 7. The molecule has 1 aromatic carbocycles. The van der Waals surface area contributed by atoms with Gasteiger partial charge in [0.25, 0.3) is 5.91 Å². The molecule has 0 aliphatic heterocycles. The maximum absolute atomic E-state index is 13.6. The number of amides is 6. The van der Waals surface area contributed by atoms with Crippen LogP contribution in [0.1, 0.15) is 112 Å². The number of benzene rings is 1. The largest absolute Gasteiger partial charge is 0.390 e. The fourth-order valence-electron chi connectivity index (χ4n) is 5.20. The number of anilines is 1. The molecule has 6 amide bonds. The van der Waals surface area contributed by atoms with Crippen molar-refractivity contribution in [3.63, 3.8) is 0 Å². The predicted molar refractivity (Wildman–Crippen MR) is 192 cm³/mol. The minimum Gasteiger partial charge on any atom is -0.390 e. The van der Waals surface area contributed by atoms with Crippen LogP contribution in [0.4, 0.5) is 5.69 Å². The Morgan fingerprint density at radius 1 is 0.776 bits per heavy atom. The lowest BCUT2D eigenvalue weighted by Gasteiger charge is -2.29. The van der Waals surface area contributed by atoms with Crippen LogP contribution in [0, 0.1) is 17.8 Å². The number of hydrogen-bond donors (Lipinski definition) is 7. The molecule has 13 nitrogen and oxygen atoms in total. The van der Waals surface area contributed by atoms with E-state index in [-0.39, 0.29) is 49.0 Å². The van der Waals surface area contributed by atoms with Crippen LogP contribution in [0.15, 0.2) is 24.3 Å². The molecule has 278 valence electrons. The zero-order chi connectivity index (χ0) is 36.6. The molecular formula is C36H62N6O7. The number of aliphatic hydroxyl groups is 1. The van der Waals surface area contributed by atoms with Gasteiger partial charge >= 0.3 is 0 Å². The number of rotatable bonds is 20. The minimum absolute atomic E-state index is 0. The molecule has 0 unspecified atom stereocenters. The van der Waals surface area contributed by atoms with Crippen LogP contribution in [-0.2, 0) is 24.0 Å². The summed E-state index contributed by atoms with van der Waals surface area (Å²) in [6.45, 7) is 16.7. The van der Waals surface area contributed by atoms with E-state index < -0.39 is 53.9 Å². The average molecular weight is 691 g/mol.